The van der Waals surface area contributed by atoms with Crippen LogP contribution in [0, 0.1) is 15.9 Å². The number of nitrogens with zero attached hydrogens (tertiary/aromatic N) is 2. The molecule has 1 aliphatic rings. The first-order valence-electron chi connectivity index (χ1n) is 8.05. The molecule has 2 aromatic rings. The van der Waals surface area contributed by atoms with E-state index in [4.69, 9.17) is 0 Å². The Labute approximate surface area is 162 Å². The average Bonchev–Trinajstić information content (AvgIpc) is 2.65. The molecule has 0 saturated heterocycles. The summed E-state index contributed by atoms with van der Waals surface area (Å²) >= 11 is 0.618. The number of nitro groups is 1. The molecule has 10 heteroatoms. The lowest BCUT2D eigenvalue weighted by atomic mass is 9.86. The number of amidine groups is 1. The van der Waals surface area contributed by atoms with Crippen LogP contribution >= 0.6 is 11.8 Å². The molecule has 1 aliphatic heterocycles. The number of carbonyl (C=O) groups is 1. The summed E-state index contributed by atoms with van der Waals surface area (Å²) in [6, 6.07) is 10.5. The van der Waals surface area contributed by atoms with Crippen LogP contribution in [0.15, 0.2) is 53.5 Å². The third-order valence-corrected chi connectivity index (χ3v) is 5.34. The number of amides is 1. The minimum Gasteiger partial charge on any atom is -0.301 e. The zero-order chi connectivity index (χ0) is 20.5. The number of nitrogens with one attached hydrogen (secondary N) is 1. The fraction of sp³-hybridized carbons (Fsp3) is 0.222. The number of benzene rings is 2. The number of hydrogen-bond acceptors (Lipinski definition) is 5. The topological polar surface area (TPSA) is 84.6 Å². The third-order valence-electron chi connectivity index (χ3n) is 4.37. The summed E-state index contributed by atoms with van der Waals surface area (Å²) in [5.74, 6) is -5.88. The van der Waals surface area contributed by atoms with Gasteiger partial charge in [-0.3, -0.25) is 14.9 Å². The van der Waals surface area contributed by atoms with Gasteiger partial charge in [-0.15, -0.1) is 0 Å². The molecule has 0 bridgehead atoms. The Morgan fingerprint density at radius 1 is 1.25 bits per heavy atom. The van der Waals surface area contributed by atoms with Crippen LogP contribution in [0.3, 0.4) is 0 Å². The predicted molar refractivity (Wildman–Crippen MR) is 99.2 cm³/mol. The van der Waals surface area contributed by atoms with Crippen molar-refractivity contribution in [3.63, 3.8) is 0 Å². The SMILES string of the molecule is C[C@]1(c2cc([N+](=O)[O-])ccc2F)N=C(NC(=O)c2ccccc2)SCC1(F)F. The van der Waals surface area contributed by atoms with Gasteiger partial charge in [0, 0.05) is 23.3 Å². The molecule has 1 heterocycles. The van der Waals surface area contributed by atoms with E-state index in [2.05, 4.69) is 10.3 Å². The van der Waals surface area contributed by atoms with Crippen molar-refractivity contribution in [3.05, 3.63) is 75.6 Å². The van der Waals surface area contributed by atoms with Crippen LogP contribution in [-0.2, 0) is 5.54 Å². The van der Waals surface area contributed by atoms with E-state index >= 15 is 0 Å². The second-order valence-corrected chi connectivity index (χ2v) is 7.19. The van der Waals surface area contributed by atoms with Gasteiger partial charge < -0.3 is 5.32 Å². The van der Waals surface area contributed by atoms with Gasteiger partial charge in [0.2, 0.25) is 0 Å². The minimum atomic E-state index is -3.51. The lowest BCUT2D eigenvalue weighted by Crippen LogP contribution is -2.49. The van der Waals surface area contributed by atoms with Gasteiger partial charge in [-0.25, -0.2) is 18.2 Å². The normalized spacial score (nSPS) is 20.9. The Morgan fingerprint density at radius 2 is 1.93 bits per heavy atom. The molecule has 0 unspecified atom stereocenters. The van der Waals surface area contributed by atoms with Crippen molar-refractivity contribution in [3.8, 4) is 0 Å². The average molecular weight is 409 g/mol. The highest BCUT2D eigenvalue weighted by Crippen LogP contribution is 2.47. The van der Waals surface area contributed by atoms with Gasteiger partial charge >= 0.3 is 0 Å². The van der Waals surface area contributed by atoms with Gasteiger partial charge in [0.05, 0.1) is 10.7 Å². The highest BCUT2D eigenvalue weighted by atomic mass is 32.2. The lowest BCUT2D eigenvalue weighted by molar-refractivity contribution is -0.385. The Kier molecular flexibility index (Phi) is 5.16. The molecular weight excluding hydrogens is 395 g/mol. The van der Waals surface area contributed by atoms with Gasteiger partial charge in [-0.05, 0) is 25.1 Å². The molecule has 0 spiro atoms. The van der Waals surface area contributed by atoms with Gasteiger partial charge in [-0.1, -0.05) is 30.0 Å². The number of halogens is 3. The largest absolute Gasteiger partial charge is 0.301 e. The molecule has 0 fully saturated rings. The Balaban J connectivity index is 2.02. The number of hydrogen-bond donors (Lipinski definition) is 1. The number of aliphatic imine (C=N–C) groups is 1. The molecule has 0 aliphatic carbocycles. The number of alkyl halides is 2. The molecule has 1 N–H and O–H groups in total. The van der Waals surface area contributed by atoms with E-state index < -0.39 is 45.1 Å². The van der Waals surface area contributed by atoms with E-state index in [0.717, 1.165) is 25.1 Å². The first-order chi connectivity index (χ1) is 13.1. The van der Waals surface area contributed by atoms with Crippen molar-refractivity contribution < 1.29 is 22.9 Å². The summed E-state index contributed by atoms with van der Waals surface area (Å²) in [7, 11) is 0. The number of nitro benzene ring substituents is 1. The number of thioether (sulfide) groups is 1. The van der Waals surface area contributed by atoms with Crippen molar-refractivity contribution in [2.75, 3.05) is 5.75 Å². The summed E-state index contributed by atoms with van der Waals surface area (Å²) < 4.78 is 43.8. The maximum atomic E-state index is 14.7. The third kappa shape index (κ3) is 3.59. The predicted octanol–water partition coefficient (Wildman–Crippen LogP) is 4.12. The Bertz CT molecular complexity index is 969. The summed E-state index contributed by atoms with van der Waals surface area (Å²) in [4.78, 5) is 26.4. The maximum absolute atomic E-state index is 14.7. The molecule has 2 aromatic carbocycles. The van der Waals surface area contributed by atoms with Crippen molar-refractivity contribution in [1.29, 1.82) is 0 Å². The van der Waals surface area contributed by atoms with Crippen molar-refractivity contribution in [2.24, 2.45) is 4.99 Å². The standard InChI is InChI=1S/C18H14F3N3O3S/c1-17(13-9-12(24(26)27)7-8-14(13)19)18(20,21)10-28-16(23-17)22-15(25)11-5-3-2-4-6-11/h2-9H,10H2,1H3,(H,22,23,25)/t17-/m1/s1. The minimum absolute atomic E-state index is 0.117. The van der Waals surface area contributed by atoms with Crippen LogP contribution < -0.4 is 5.32 Å². The van der Waals surface area contributed by atoms with Gasteiger partial charge in [0.1, 0.15) is 5.82 Å². The molecule has 3 rings (SSSR count). The van der Waals surface area contributed by atoms with E-state index in [1.165, 1.54) is 12.1 Å². The van der Waals surface area contributed by atoms with Crippen molar-refractivity contribution >= 4 is 28.5 Å². The summed E-state index contributed by atoms with van der Waals surface area (Å²) in [6.45, 7) is 0.990. The van der Waals surface area contributed by atoms with Crippen molar-refractivity contribution in [2.45, 2.75) is 18.4 Å². The van der Waals surface area contributed by atoms with Gasteiger partial charge in [0.15, 0.2) is 10.7 Å². The highest BCUT2D eigenvalue weighted by molar-refractivity contribution is 8.14. The second-order valence-electron chi connectivity index (χ2n) is 6.22. The van der Waals surface area contributed by atoms with Crippen molar-refractivity contribution in [1.82, 2.24) is 5.32 Å². The van der Waals surface area contributed by atoms with Crippen LogP contribution in [0.5, 0.6) is 0 Å². The zero-order valence-corrected chi connectivity index (χ0v) is 15.3. The van der Waals surface area contributed by atoms with Crippen LogP contribution in [-0.4, -0.2) is 27.7 Å². The molecule has 1 atom stereocenters. The fourth-order valence-corrected chi connectivity index (χ4v) is 3.71. The molecule has 146 valence electrons. The summed E-state index contributed by atoms with van der Waals surface area (Å²) in [6.07, 6.45) is 0. The first-order valence-corrected chi connectivity index (χ1v) is 9.04. The molecule has 0 radical (unpaired) electrons. The Hall–Kier alpha value is -2.88. The summed E-state index contributed by atoms with van der Waals surface area (Å²) in [5, 5.41) is 13.3. The van der Waals surface area contributed by atoms with Crippen LogP contribution in [0.25, 0.3) is 0 Å². The van der Waals surface area contributed by atoms with E-state index in [0.29, 0.717) is 17.3 Å². The number of rotatable bonds is 3. The van der Waals surface area contributed by atoms with E-state index in [-0.39, 0.29) is 5.17 Å². The summed E-state index contributed by atoms with van der Waals surface area (Å²) in [5.41, 5.74) is -3.27. The zero-order valence-electron chi connectivity index (χ0n) is 14.5. The first kappa shape index (κ1) is 19.9. The molecule has 1 amide bonds. The lowest BCUT2D eigenvalue weighted by Gasteiger charge is -2.38. The van der Waals surface area contributed by atoms with Crippen LogP contribution in [0.2, 0.25) is 0 Å². The second kappa shape index (κ2) is 7.27. The van der Waals surface area contributed by atoms with Gasteiger partial charge in [-0.2, -0.15) is 0 Å². The quantitative estimate of drug-likeness (QED) is 0.611. The molecule has 0 aromatic heterocycles. The van der Waals surface area contributed by atoms with Crippen LogP contribution in [0.1, 0.15) is 22.8 Å². The smallest absolute Gasteiger partial charge is 0.286 e. The van der Waals surface area contributed by atoms with E-state index in [1.54, 1.807) is 18.2 Å². The Morgan fingerprint density at radius 3 is 2.57 bits per heavy atom. The highest BCUT2D eigenvalue weighted by Gasteiger charge is 2.55. The van der Waals surface area contributed by atoms with E-state index in [1.807, 2.05) is 0 Å². The maximum Gasteiger partial charge on any atom is 0.286 e. The molecular formula is C18H14F3N3O3S. The number of carbonyl (C=O) groups excluding carboxylic acids is 1. The number of non-ortho nitro benzene ring substituents is 1. The molecule has 28 heavy (non-hydrogen) atoms. The monoisotopic (exact) mass is 409 g/mol. The van der Waals surface area contributed by atoms with E-state index in [9.17, 15) is 28.1 Å². The van der Waals surface area contributed by atoms with Crippen LogP contribution in [0.4, 0.5) is 18.9 Å². The molecule has 6 nitrogen and oxygen atoms in total. The fourth-order valence-electron chi connectivity index (χ4n) is 2.70. The molecule has 0 saturated carbocycles. The van der Waals surface area contributed by atoms with Gasteiger partial charge in [0.25, 0.3) is 17.5 Å².